The van der Waals surface area contributed by atoms with Gasteiger partial charge in [-0.15, -0.1) is 0 Å². The lowest BCUT2D eigenvalue weighted by Gasteiger charge is -2.31. The van der Waals surface area contributed by atoms with Crippen molar-refractivity contribution < 1.29 is 4.79 Å². The number of rotatable bonds is 3. The lowest BCUT2D eigenvalue weighted by Crippen LogP contribution is -2.38. The van der Waals surface area contributed by atoms with Gasteiger partial charge in [0.15, 0.2) is 0 Å². The minimum Gasteiger partial charge on any atom is -0.339 e. The average Bonchev–Trinajstić information content (AvgIpc) is 3.20. The molecule has 1 amide bonds. The first-order chi connectivity index (χ1) is 15.1. The number of likely N-dealkylation sites (tertiary alicyclic amines) is 1. The molecule has 1 N–H and O–H groups in total. The van der Waals surface area contributed by atoms with E-state index in [1.807, 2.05) is 66.4 Å². The first-order valence-corrected chi connectivity index (χ1v) is 10.5. The van der Waals surface area contributed by atoms with Crippen LogP contribution in [0.25, 0.3) is 16.6 Å². The molecule has 3 heterocycles. The number of piperidine rings is 1. The van der Waals surface area contributed by atoms with Gasteiger partial charge in [0.25, 0.3) is 5.91 Å². The van der Waals surface area contributed by atoms with Crippen molar-refractivity contribution in [3.8, 4) is 5.69 Å². The fourth-order valence-corrected chi connectivity index (χ4v) is 4.26. The molecule has 5 rings (SSSR count). The second kappa shape index (κ2) is 7.83. The van der Waals surface area contributed by atoms with Crippen molar-refractivity contribution >= 4 is 16.8 Å². The number of aryl methyl sites for hydroxylation is 1. The van der Waals surface area contributed by atoms with Gasteiger partial charge in [0.2, 0.25) is 0 Å². The summed E-state index contributed by atoms with van der Waals surface area (Å²) in [5.41, 5.74) is 3.27. The van der Waals surface area contributed by atoms with Crippen LogP contribution >= 0.6 is 0 Å². The van der Waals surface area contributed by atoms with Crippen LogP contribution in [0.4, 0.5) is 0 Å². The molecular formula is C24H23N5O2. The number of nitrogens with zero attached hydrogens (tertiary/aromatic N) is 4. The number of carbonyl (C=O) groups is 1. The Balaban J connectivity index is 1.33. The standard InChI is InChI=1S/C24H23N5O2/c1-16-4-7-20(8-5-16)29-22(26-27-24(29)31)17-10-13-28(14-11-17)23(30)19-6-9-21-18(15-19)3-2-12-25-21/h2-9,12,15,17H,10-11,13-14H2,1H3,(H,27,31). The summed E-state index contributed by atoms with van der Waals surface area (Å²) < 4.78 is 1.65. The van der Waals surface area contributed by atoms with E-state index in [0.717, 1.165) is 40.8 Å². The molecule has 1 aliphatic heterocycles. The number of fused-ring (bicyclic) bond motifs is 1. The third-order valence-corrected chi connectivity index (χ3v) is 5.99. The van der Waals surface area contributed by atoms with Crippen molar-refractivity contribution in [3.63, 3.8) is 0 Å². The monoisotopic (exact) mass is 413 g/mol. The summed E-state index contributed by atoms with van der Waals surface area (Å²) in [7, 11) is 0. The van der Waals surface area contributed by atoms with Gasteiger partial charge in [-0.2, -0.15) is 5.10 Å². The summed E-state index contributed by atoms with van der Waals surface area (Å²) >= 11 is 0. The zero-order valence-corrected chi connectivity index (χ0v) is 17.3. The van der Waals surface area contributed by atoms with Crippen molar-refractivity contribution in [1.29, 1.82) is 0 Å². The van der Waals surface area contributed by atoms with Gasteiger partial charge < -0.3 is 4.90 Å². The van der Waals surface area contributed by atoms with E-state index in [2.05, 4.69) is 15.2 Å². The number of benzene rings is 2. The molecule has 0 bridgehead atoms. The Labute approximate surface area is 179 Å². The van der Waals surface area contributed by atoms with Crippen LogP contribution in [0.2, 0.25) is 0 Å². The molecule has 31 heavy (non-hydrogen) atoms. The summed E-state index contributed by atoms with van der Waals surface area (Å²) in [6, 6.07) is 17.3. The Morgan fingerprint density at radius 1 is 1.06 bits per heavy atom. The van der Waals surface area contributed by atoms with Crippen molar-refractivity contribution in [2.75, 3.05) is 13.1 Å². The number of hydrogen-bond acceptors (Lipinski definition) is 4. The molecule has 2 aromatic carbocycles. The summed E-state index contributed by atoms with van der Waals surface area (Å²) in [5, 5.41) is 7.87. The third-order valence-electron chi connectivity index (χ3n) is 5.99. The fourth-order valence-electron chi connectivity index (χ4n) is 4.26. The summed E-state index contributed by atoms with van der Waals surface area (Å²) in [6.07, 6.45) is 3.27. The zero-order valence-electron chi connectivity index (χ0n) is 17.3. The molecule has 7 heteroatoms. The highest BCUT2D eigenvalue weighted by molar-refractivity contribution is 5.98. The van der Waals surface area contributed by atoms with E-state index in [-0.39, 0.29) is 17.5 Å². The van der Waals surface area contributed by atoms with Crippen LogP contribution in [0.5, 0.6) is 0 Å². The van der Waals surface area contributed by atoms with Gasteiger partial charge in [-0.05, 0) is 56.2 Å². The number of hydrogen-bond donors (Lipinski definition) is 1. The van der Waals surface area contributed by atoms with E-state index in [1.54, 1.807) is 10.8 Å². The van der Waals surface area contributed by atoms with E-state index in [9.17, 15) is 9.59 Å². The number of pyridine rings is 1. The Morgan fingerprint density at radius 2 is 1.84 bits per heavy atom. The molecule has 156 valence electrons. The molecule has 1 aliphatic rings. The van der Waals surface area contributed by atoms with Gasteiger partial charge in [-0.25, -0.2) is 14.5 Å². The number of nitrogens with one attached hydrogen (secondary N) is 1. The molecular weight excluding hydrogens is 390 g/mol. The largest absolute Gasteiger partial charge is 0.347 e. The fraction of sp³-hybridized carbons (Fsp3) is 0.250. The lowest BCUT2D eigenvalue weighted by molar-refractivity contribution is 0.0711. The van der Waals surface area contributed by atoms with E-state index in [0.29, 0.717) is 18.7 Å². The topological polar surface area (TPSA) is 83.9 Å². The van der Waals surface area contributed by atoms with Gasteiger partial charge in [0.1, 0.15) is 5.82 Å². The molecule has 2 aromatic heterocycles. The molecule has 4 aromatic rings. The number of carbonyl (C=O) groups excluding carboxylic acids is 1. The third kappa shape index (κ3) is 3.63. The minimum atomic E-state index is -0.234. The van der Waals surface area contributed by atoms with E-state index >= 15 is 0 Å². The van der Waals surface area contributed by atoms with Crippen LogP contribution in [0, 0.1) is 6.92 Å². The van der Waals surface area contributed by atoms with Crippen molar-refractivity contribution in [1.82, 2.24) is 24.6 Å². The maximum absolute atomic E-state index is 13.0. The number of amides is 1. The molecule has 0 atom stereocenters. The first kappa shape index (κ1) is 19.2. The van der Waals surface area contributed by atoms with Crippen molar-refractivity contribution in [2.45, 2.75) is 25.7 Å². The Hall–Kier alpha value is -3.74. The molecule has 1 fully saturated rings. The SMILES string of the molecule is Cc1ccc(-n2c(C3CCN(C(=O)c4ccc5ncccc5c4)CC3)n[nH]c2=O)cc1. The second-order valence-corrected chi connectivity index (χ2v) is 8.04. The summed E-state index contributed by atoms with van der Waals surface area (Å²) in [4.78, 5) is 31.6. The second-order valence-electron chi connectivity index (χ2n) is 8.04. The highest BCUT2D eigenvalue weighted by atomic mass is 16.2. The molecule has 0 aliphatic carbocycles. The molecule has 0 saturated carbocycles. The zero-order chi connectivity index (χ0) is 21.4. The summed E-state index contributed by atoms with van der Waals surface area (Å²) in [6.45, 7) is 3.27. The molecule has 0 radical (unpaired) electrons. The smallest absolute Gasteiger partial charge is 0.339 e. The van der Waals surface area contributed by atoms with Crippen LogP contribution in [0.15, 0.2) is 65.6 Å². The van der Waals surface area contributed by atoms with Gasteiger partial charge in [0.05, 0.1) is 11.2 Å². The molecule has 0 unspecified atom stereocenters. The minimum absolute atomic E-state index is 0.0298. The maximum atomic E-state index is 13.0. The maximum Gasteiger partial charge on any atom is 0.347 e. The first-order valence-electron chi connectivity index (χ1n) is 10.5. The number of H-pyrrole nitrogens is 1. The molecule has 7 nitrogen and oxygen atoms in total. The number of aromatic amines is 1. The predicted molar refractivity (Wildman–Crippen MR) is 119 cm³/mol. The average molecular weight is 413 g/mol. The quantitative estimate of drug-likeness (QED) is 0.558. The molecule has 1 saturated heterocycles. The van der Waals surface area contributed by atoms with Gasteiger partial charge in [-0.1, -0.05) is 23.8 Å². The van der Waals surface area contributed by atoms with E-state index in [4.69, 9.17) is 0 Å². The highest BCUT2D eigenvalue weighted by Gasteiger charge is 2.28. The van der Waals surface area contributed by atoms with Crippen molar-refractivity contribution in [2.24, 2.45) is 0 Å². The van der Waals surface area contributed by atoms with Crippen LogP contribution < -0.4 is 5.69 Å². The lowest BCUT2D eigenvalue weighted by atomic mass is 9.95. The van der Waals surface area contributed by atoms with Crippen LogP contribution in [-0.4, -0.2) is 43.6 Å². The predicted octanol–water partition coefficient (Wildman–Crippen LogP) is 3.44. The van der Waals surface area contributed by atoms with Crippen LogP contribution in [0.3, 0.4) is 0 Å². The number of aromatic nitrogens is 4. The van der Waals surface area contributed by atoms with E-state index < -0.39 is 0 Å². The highest BCUT2D eigenvalue weighted by Crippen LogP contribution is 2.28. The summed E-state index contributed by atoms with van der Waals surface area (Å²) in [5.74, 6) is 0.880. The Morgan fingerprint density at radius 3 is 2.61 bits per heavy atom. The van der Waals surface area contributed by atoms with Crippen LogP contribution in [0.1, 0.15) is 40.5 Å². The van der Waals surface area contributed by atoms with Gasteiger partial charge in [0, 0.05) is 36.2 Å². The van der Waals surface area contributed by atoms with E-state index in [1.165, 1.54) is 0 Å². The van der Waals surface area contributed by atoms with Crippen LogP contribution in [-0.2, 0) is 0 Å². The Bertz CT molecular complexity index is 1300. The normalized spacial score (nSPS) is 14.8. The molecule has 0 spiro atoms. The van der Waals surface area contributed by atoms with Gasteiger partial charge >= 0.3 is 5.69 Å². The van der Waals surface area contributed by atoms with Gasteiger partial charge in [-0.3, -0.25) is 9.78 Å². The Kier molecular flexibility index (Phi) is 4.86. The van der Waals surface area contributed by atoms with Crippen molar-refractivity contribution in [3.05, 3.63) is 88.2 Å².